The van der Waals surface area contributed by atoms with Crippen LogP contribution in [-0.4, -0.2) is 83.5 Å². The maximum absolute atomic E-state index is 15.5. The van der Waals surface area contributed by atoms with Crippen LogP contribution in [0.25, 0.3) is 0 Å². The zero-order valence-electron chi connectivity index (χ0n) is 42.1. The van der Waals surface area contributed by atoms with Gasteiger partial charge in [0.05, 0.1) is 35.8 Å². The first-order valence-electron chi connectivity index (χ1n) is 26.1. The molecule has 392 valence electrons. The number of aliphatic hydroxyl groups excluding tert-OH is 2. The number of amides is 1. The van der Waals surface area contributed by atoms with Crippen molar-refractivity contribution in [3.05, 3.63) is 136 Å². The van der Waals surface area contributed by atoms with Crippen molar-refractivity contribution < 1.29 is 58.0 Å². The summed E-state index contributed by atoms with van der Waals surface area (Å²) < 4.78 is 38.3. The van der Waals surface area contributed by atoms with Crippen molar-refractivity contribution in [3.8, 4) is 34.5 Å². The Labute approximate surface area is 432 Å². The zero-order valence-corrected chi connectivity index (χ0v) is 42.1. The summed E-state index contributed by atoms with van der Waals surface area (Å²) in [5.74, 6) is 1.02. The number of nitro groups is 1. The van der Waals surface area contributed by atoms with Gasteiger partial charge in [-0.05, 0) is 127 Å². The van der Waals surface area contributed by atoms with Crippen molar-refractivity contribution in [2.75, 3.05) is 33.7 Å². The van der Waals surface area contributed by atoms with E-state index in [1.54, 1.807) is 36.4 Å². The van der Waals surface area contributed by atoms with Crippen LogP contribution in [0.4, 0.5) is 5.69 Å². The fourth-order valence-corrected chi connectivity index (χ4v) is 12.0. The number of aldehydes is 1. The molecule has 3 aliphatic carbocycles. The maximum atomic E-state index is 15.5. The molecule has 0 saturated heterocycles. The number of unbranched alkanes of at least 4 members (excludes halogenated alkanes) is 2. The van der Waals surface area contributed by atoms with Crippen molar-refractivity contribution in [1.82, 2.24) is 4.90 Å². The third kappa shape index (κ3) is 11.3. The van der Waals surface area contributed by atoms with E-state index in [1.807, 2.05) is 41.3 Å². The predicted octanol–water partition coefficient (Wildman–Crippen LogP) is 10.8. The largest absolute Gasteiger partial charge is 0.496 e. The number of allylic oxidation sites excluding steroid dienone is 1. The van der Waals surface area contributed by atoms with Crippen LogP contribution >= 0.6 is 0 Å². The minimum Gasteiger partial charge on any atom is -0.496 e. The lowest BCUT2D eigenvalue weighted by Crippen LogP contribution is -2.70. The van der Waals surface area contributed by atoms with Gasteiger partial charge in [0.15, 0.2) is 17.8 Å². The van der Waals surface area contributed by atoms with Crippen molar-refractivity contribution in [1.29, 1.82) is 0 Å². The third-order valence-electron chi connectivity index (χ3n) is 15.5. The van der Waals surface area contributed by atoms with Gasteiger partial charge >= 0.3 is 0 Å². The Morgan fingerprint density at radius 3 is 2.38 bits per heavy atom. The van der Waals surface area contributed by atoms with Crippen LogP contribution in [0.1, 0.15) is 116 Å². The molecule has 9 rings (SSSR count). The molecule has 0 bridgehead atoms. The number of nitrogens with zero attached hydrogens (tertiary/aromatic N) is 3. The number of rotatable bonds is 25. The van der Waals surface area contributed by atoms with E-state index in [4.69, 9.17) is 38.4 Å². The molecule has 2 N–H and O–H groups in total. The average molecular weight is 1010 g/mol. The Hall–Kier alpha value is -6.75. The number of aliphatic hydroxyl groups is 2. The number of nitro benzene ring substituents is 1. The van der Waals surface area contributed by atoms with Gasteiger partial charge in [-0.15, -0.1) is 6.58 Å². The molecule has 74 heavy (non-hydrogen) atoms. The second kappa shape index (κ2) is 24.1. The van der Waals surface area contributed by atoms with Gasteiger partial charge in [0.1, 0.15) is 35.6 Å². The molecule has 2 fully saturated rings. The normalized spacial score (nSPS) is 23.0. The van der Waals surface area contributed by atoms with Gasteiger partial charge in [-0.2, -0.15) is 0 Å². The van der Waals surface area contributed by atoms with E-state index in [9.17, 15) is 25.1 Å². The molecular formula is C58H67N3O13. The molecular weight excluding hydrogens is 947 g/mol. The number of methoxy groups -OCH3 is 1. The number of carbonyl (C=O) groups excluding carboxylic acids is 2. The quantitative estimate of drug-likeness (QED) is 0.0209. The van der Waals surface area contributed by atoms with Gasteiger partial charge in [0.25, 0.3) is 5.69 Å². The van der Waals surface area contributed by atoms with E-state index < -0.39 is 22.7 Å². The van der Waals surface area contributed by atoms with Gasteiger partial charge in [-0.3, -0.25) is 19.7 Å². The summed E-state index contributed by atoms with van der Waals surface area (Å²) in [4.78, 5) is 46.8. The topological polar surface area (TPSA) is 198 Å². The lowest BCUT2D eigenvalue weighted by molar-refractivity contribution is -0.384. The second-order valence-electron chi connectivity index (χ2n) is 20.0. The molecule has 4 aromatic carbocycles. The number of carbonyl (C=O) groups is 2. The highest BCUT2D eigenvalue weighted by Gasteiger charge is 2.65. The Morgan fingerprint density at radius 1 is 0.905 bits per heavy atom. The number of fused-ring (bicyclic) bond motifs is 3. The Bertz CT molecular complexity index is 2700. The van der Waals surface area contributed by atoms with E-state index >= 15 is 4.79 Å². The van der Waals surface area contributed by atoms with Gasteiger partial charge in [0.2, 0.25) is 18.5 Å². The number of benzene rings is 4. The van der Waals surface area contributed by atoms with Crippen molar-refractivity contribution in [2.45, 2.75) is 114 Å². The highest BCUT2D eigenvalue weighted by molar-refractivity contribution is 6.03. The van der Waals surface area contributed by atoms with Gasteiger partial charge in [-0.25, -0.2) is 0 Å². The van der Waals surface area contributed by atoms with Crippen molar-refractivity contribution in [3.63, 3.8) is 0 Å². The number of oxime groups is 1. The van der Waals surface area contributed by atoms with Crippen molar-refractivity contribution >= 4 is 23.6 Å². The molecule has 16 nitrogen and oxygen atoms in total. The van der Waals surface area contributed by atoms with E-state index in [-0.39, 0.29) is 75.5 Å². The van der Waals surface area contributed by atoms with Gasteiger partial charge in [-0.1, -0.05) is 61.9 Å². The molecule has 16 heteroatoms. The van der Waals surface area contributed by atoms with Crippen LogP contribution in [0.2, 0.25) is 0 Å². The summed E-state index contributed by atoms with van der Waals surface area (Å²) in [5, 5.41) is 36.7. The number of hydrogen-bond donors (Lipinski definition) is 2. The number of hydrogen-bond acceptors (Lipinski definition) is 14. The molecule has 5 aliphatic rings. The first-order valence-corrected chi connectivity index (χ1v) is 26.1. The van der Waals surface area contributed by atoms with E-state index in [0.717, 1.165) is 80.8 Å². The molecule has 2 saturated carbocycles. The van der Waals surface area contributed by atoms with E-state index in [1.165, 1.54) is 19.2 Å². The molecule has 0 aromatic heterocycles. The van der Waals surface area contributed by atoms with Crippen LogP contribution in [0.15, 0.2) is 108 Å². The minimum atomic E-state index is -1.52. The molecule has 1 amide bonds. The maximum Gasteiger partial charge on any atom is 0.269 e. The summed E-state index contributed by atoms with van der Waals surface area (Å²) in [6.07, 6.45) is 14.6. The highest BCUT2D eigenvalue weighted by atomic mass is 16.7. The molecule has 0 unspecified atom stereocenters. The van der Waals surface area contributed by atoms with Crippen LogP contribution in [0, 0.1) is 33.8 Å². The molecule has 0 spiro atoms. The summed E-state index contributed by atoms with van der Waals surface area (Å²) >= 11 is 0. The lowest BCUT2D eigenvalue weighted by Gasteiger charge is -2.60. The SMILES string of the molecule is C=CCO[C@@]12Oc3ccc(Oc4ccc(OC)c(C=O)c4)cc3[C@H]3[C@H](CCCCO)[C@@H](CCCCO)C=C(C(=NOCc4ccc([N+](=O)[O-])cc4)C[C@@H]1N(Cc1ccc4c(c1)OCO4)C(=O)CCC1CCCC1)[C@H]32. The highest BCUT2D eigenvalue weighted by Crippen LogP contribution is 2.62. The standard InChI is InChI=1S/C58H67N3O13/c1-3-28-71-58-54(60(55(65)25-17-38-10-4-5-11-38)34-40-16-22-52-53(29-40)70-37-69-52)33-49(59-72-36-39-14-18-43(19-15-39)61(66)67)47-31-41(12-6-8-26-62)46(13-7-9-27-63)56(57(47)58)48-32-45(21-24-51(48)74-58)73-44-20-23-50(68-2)42(30-44)35-64/h3,14-16,18-24,29-32,35,38,41,46,54,56-57,62-63H,1,4-13,17,25-28,33-34,36-37H2,2H3/t41-,46+,54-,56+,57+,58+/m0/s1. The predicted molar refractivity (Wildman–Crippen MR) is 276 cm³/mol. The first kappa shape index (κ1) is 52.1. The second-order valence-corrected chi connectivity index (χ2v) is 20.0. The molecule has 0 radical (unpaired) electrons. The zero-order chi connectivity index (χ0) is 51.6. The Morgan fingerprint density at radius 2 is 1.64 bits per heavy atom. The number of non-ortho nitro benzene ring substituents is 1. The Kier molecular flexibility index (Phi) is 17.0. The van der Waals surface area contributed by atoms with Crippen LogP contribution < -0.4 is 23.7 Å². The van der Waals surface area contributed by atoms with E-state index in [2.05, 4.69) is 12.7 Å². The van der Waals surface area contributed by atoms with Gasteiger partial charge < -0.3 is 48.4 Å². The summed E-state index contributed by atoms with van der Waals surface area (Å²) in [6.45, 7) is 4.58. The fraction of sp³-hybridized carbons (Fsp3) is 0.466. The molecule has 4 aromatic rings. The lowest BCUT2D eigenvalue weighted by atomic mass is 9.55. The smallest absolute Gasteiger partial charge is 0.269 e. The summed E-state index contributed by atoms with van der Waals surface area (Å²) in [7, 11) is 1.51. The summed E-state index contributed by atoms with van der Waals surface area (Å²) in [6, 6.07) is 21.9. The molecule has 2 heterocycles. The van der Waals surface area contributed by atoms with Crippen LogP contribution in [0.5, 0.6) is 34.5 Å². The average Bonchev–Trinajstić information content (AvgIpc) is 4.15. The minimum absolute atomic E-state index is 0.0216. The van der Waals surface area contributed by atoms with Crippen LogP contribution in [-0.2, 0) is 27.5 Å². The van der Waals surface area contributed by atoms with Crippen molar-refractivity contribution in [2.24, 2.45) is 28.8 Å². The first-order chi connectivity index (χ1) is 36.2. The molecule has 2 aliphatic heterocycles. The van der Waals surface area contributed by atoms with Crippen LogP contribution in [0.3, 0.4) is 0 Å². The monoisotopic (exact) mass is 1010 g/mol. The Balaban J connectivity index is 1.22. The fourth-order valence-electron chi connectivity index (χ4n) is 12.0. The van der Waals surface area contributed by atoms with E-state index in [0.29, 0.717) is 76.5 Å². The third-order valence-corrected chi connectivity index (χ3v) is 15.5. The summed E-state index contributed by atoms with van der Waals surface area (Å²) in [5.41, 5.74) is 4.15. The van der Waals surface area contributed by atoms with Gasteiger partial charge in [0, 0.05) is 56.2 Å². The molecule has 6 atom stereocenters. The number of ether oxygens (including phenoxy) is 6.